The molecule has 4 aliphatic carbocycles. The standard InChI is InChI=1S/C29H43NO2/c1-19(5-7-21-18-23(32-4)13-16-30-21)25-9-10-26-24-8-6-20-17-22(31)11-14-28(20,2)27(24)12-15-29(25,26)3/h6,13,16,18-19,22,24-27,31H,5,7-12,14-15,17H2,1-4H3/t19?,22-,24-,25+,26-,27-,28-,29+/m0/s1. The van der Waals surface area contributed by atoms with Crippen LogP contribution in [0.5, 0.6) is 5.75 Å². The molecular formula is C29H43NO2. The van der Waals surface area contributed by atoms with E-state index in [0.29, 0.717) is 10.8 Å². The van der Waals surface area contributed by atoms with Crippen molar-refractivity contribution in [1.29, 1.82) is 0 Å². The Morgan fingerprint density at radius 1 is 1.16 bits per heavy atom. The Morgan fingerprint density at radius 2 is 2.00 bits per heavy atom. The fourth-order valence-corrected chi connectivity index (χ4v) is 8.91. The molecule has 0 aromatic carbocycles. The van der Waals surface area contributed by atoms with Gasteiger partial charge in [-0.05, 0) is 111 Å². The highest BCUT2D eigenvalue weighted by atomic mass is 16.5. The van der Waals surface area contributed by atoms with Gasteiger partial charge in [0.1, 0.15) is 5.75 Å². The molecule has 3 heteroatoms. The van der Waals surface area contributed by atoms with Crippen LogP contribution in [0.1, 0.15) is 84.3 Å². The summed E-state index contributed by atoms with van der Waals surface area (Å²) < 4.78 is 5.39. The van der Waals surface area contributed by atoms with E-state index in [4.69, 9.17) is 4.74 Å². The zero-order chi connectivity index (χ0) is 22.5. The van der Waals surface area contributed by atoms with Crippen molar-refractivity contribution >= 4 is 0 Å². The Morgan fingerprint density at radius 3 is 2.81 bits per heavy atom. The van der Waals surface area contributed by atoms with Crippen LogP contribution < -0.4 is 4.74 Å². The van der Waals surface area contributed by atoms with Gasteiger partial charge in [-0.1, -0.05) is 32.4 Å². The topological polar surface area (TPSA) is 42.4 Å². The lowest BCUT2D eigenvalue weighted by Gasteiger charge is -2.58. The maximum atomic E-state index is 10.3. The van der Waals surface area contributed by atoms with Crippen LogP contribution in [0.15, 0.2) is 30.0 Å². The molecule has 0 bridgehead atoms. The van der Waals surface area contributed by atoms with Crippen LogP contribution in [0.25, 0.3) is 0 Å². The summed E-state index contributed by atoms with van der Waals surface area (Å²) in [4.78, 5) is 4.59. The zero-order valence-corrected chi connectivity index (χ0v) is 20.6. The van der Waals surface area contributed by atoms with E-state index in [1.165, 1.54) is 44.9 Å². The van der Waals surface area contributed by atoms with Gasteiger partial charge >= 0.3 is 0 Å². The molecule has 3 fully saturated rings. The lowest BCUT2D eigenvalue weighted by molar-refractivity contribution is -0.0571. The molecule has 1 aromatic heterocycles. The smallest absolute Gasteiger partial charge is 0.122 e. The molecule has 0 aliphatic heterocycles. The number of ether oxygens (including phenoxy) is 1. The van der Waals surface area contributed by atoms with Crippen LogP contribution in [-0.2, 0) is 6.42 Å². The van der Waals surface area contributed by atoms with E-state index in [1.54, 1.807) is 12.7 Å². The molecule has 3 nitrogen and oxygen atoms in total. The third-order valence-corrected chi connectivity index (χ3v) is 10.7. The number of allylic oxidation sites excluding steroid dienone is 1. The summed E-state index contributed by atoms with van der Waals surface area (Å²) in [7, 11) is 1.73. The molecule has 176 valence electrons. The predicted molar refractivity (Wildman–Crippen MR) is 129 cm³/mol. The average molecular weight is 438 g/mol. The molecule has 5 rings (SSSR count). The summed E-state index contributed by atoms with van der Waals surface area (Å²) in [5, 5.41) is 10.3. The van der Waals surface area contributed by atoms with E-state index in [-0.39, 0.29) is 6.10 Å². The third-order valence-electron chi connectivity index (χ3n) is 10.7. The molecule has 1 unspecified atom stereocenters. The molecule has 0 amide bonds. The van der Waals surface area contributed by atoms with E-state index in [0.717, 1.165) is 60.3 Å². The Bertz CT molecular complexity index is 864. The van der Waals surface area contributed by atoms with Gasteiger partial charge in [0.25, 0.3) is 0 Å². The number of nitrogens with zero attached hydrogens (tertiary/aromatic N) is 1. The van der Waals surface area contributed by atoms with E-state index in [9.17, 15) is 5.11 Å². The quantitative estimate of drug-likeness (QED) is 0.528. The third kappa shape index (κ3) is 3.63. The van der Waals surface area contributed by atoms with Gasteiger partial charge in [0.15, 0.2) is 0 Å². The first-order valence-corrected chi connectivity index (χ1v) is 13.2. The fraction of sp³-hybridized carbons (Fsp3) is 0.759. The second-order valence-electron chi connectivity index (χ2n) is 12.1. The lowest BCUT2D eigenvalue weighted by Crippen LogP contribution is -2.50. The van der Waals surface area contributed by atoms with Crippen molar-refractivity contribution in [3.05, 3.63) is 35.7 Å². The molecule has 0 radical (unpaired) electrons. The average Bonchev–Trinajstić information content (AvgIpc) is 3.15. The molecule has 1 N–H and O–H groups in total. The number of aryl methyl sites for hydroxylation is 1. The number of aliphatic hydroxyl groups is 1. The summed E-state index contributed by atoms with van der Waals surface area (Å²) in [6.07, 6.45) is 16.6. The summed E-state index contributed by atoms with van der Waals surface area (Å²) in [5.74, 6) is 5.07. The van der Waals surface area contributed by atoms with Crippen LogP contribution in [0.3, 0.4) is 0 Å². The van der Waals surface area contributed by atoms with Crippen LogP contribution in [-0.4, -0.2) is 23.3 Å². The number of aromatic nitrogens is 1. The minimum absolute atomic E-state index is 0.101. The first-order valence-electron chi connectivity index (χ1n) is 13.2. The summed E-state index contributed by atoms with van der Waals surface area (Å²) in [5.41, 5.74) is 3.61. The monoisotopic (exact) mass is 437 g/mol. The molecule has 32 heavy (non-hydrogen) atoms. The number of rotatable bonds is 5. The van der Waals surface area contributed by atoms with Crippen molar-refractivity contribution < 1.29 is 9.84 Å². The van der Waals surface area contributed by atoms with Gasteiger partial charge < -0.3 is 9.84 Å². The molecule has 1 aromatic rings. The number of methoxy groups -OCH3 is 1. The second-order valence-corrected chi connectivity index (χ2v) is 12.1. The van der Waals surface area contributed by atoms with Gasteiger partial charge in [0.05, 0.1) is 13.2 Å². The van der Waals surface area contributed by atoms with Gasteiger partial charge in [0, 0.05) is 18.0 Å². The van der Waals surface area contributed by atoms with E-state index >= 15 is 0 Å². The minimum Gasteiger partial charge on any atom is -0.497 e. The number of fused-ring (bicyclic) bond motifs is 5. The van der Waals surface area contributed by atoms with Gasteiger partial charge in [-0.25, -0.2) is 0 Å². The second kappa shape index (κ2) is 8.46. The van der Waals surface area contributed by atoms with Gasteiger partial charge in [0.2, 0.25) is 0 Å². The summed E-state index contributed by atoms with van der Waals surface area (Å²) >= 11 is 0. The molecule has 0 saturated heterocycles. The fourth-order valence-electron chi connectivity index (χ4n) is 8.91. The number of pyridine rings is 1. The van der Waals surface area contributed by atoms with Crippen molar-refractivity contribution in [2.75, 3.05) is 7.11 Å². The van der Waals surface area contributed by atoms with Crippen LogP contribution in [0, 0.1) is 40.4 Å². The van der Waals surface area contributed by atoms with Gasteiger partial charge in [-0.3, -0.25) is 4.98 Å². The Balaban J connectivity index is 1.29. The highest BCUT2D eigenvalue weighted by Gasteiger charge is 2.59. The van der Waals surface area contributed by atoms with Crippen molar-refractivity contribution in [3.8, 4) is 5.75 Å². The first-order chi connectivity index (χ1) is 15.3. The largest absolute Gasteiger partial charge is 0.497 e. The Hall–Kier alpha value is -1.35. The maximum Gasteiger partial charge on any atom is 0.122 e. The van der Waals surface area contributed by atoms with Gasteiger partial charge in [-0.15, -0.1) is 0 Å². The number of aliphatic hydroxyl groups excluding tert-OH is 1. The Kier molecular flexibility index (Phi) is 5.93. The SMILES string of the molecule is COc1ccnc(CCC(C)[C@H]2CC[C@H]3[C@@H]4CC=C5C[C@@H](O)CC[C@]5(C)[C@H]4CC[C@]23C)c1. The molecule has 8 atom stereocenters. The van der Waals surface area contributed by atoms with Crippen molar-refractivity contribution in [2.24, 2.45) is 40.4 Å². The molecule has 0 spiro atoms. The van der Waals surface area contributed by atoms with Crippen LogP contribution >= 0.6 is 0 Å². The number of hydrogen-bond donors (Lipinski definition) is 1. The van der Waals surface area contributed by atoms with Crippen LogP contribution in [0.4, 0.5) is 0 Å². The van der Waals surface area contributed by atoms with Crippen molar-refractivity contribution in [1.82, 2.24) is 4.98 Å². The normalized spacial score (nSPS) is 41.8. The highest BCUT2D eigenvalue weighted by molar-refractivity contribution is 5.25. The minimum atomic E-state index is -0.101. The van der Waals surface area contributed by atoms with E-state index in [2.05, 4.69) is 37.9 Å². The highest BCUT2D eigenvalue weighted by Crippen LogP contribution is 2.67. The first kappa shape index (κ1) is 22.4. The summed E-state index contributed by atoms with van der Waals surface area (Å²) in [6, 6.07) is 4.04. The van der Waals surface area contributed by atoms with Crippen molar-refractivity contribution in [3.63, 3.8) is 0 Å². The number of hydrogen-bond acceptors (Lipinski definition) is 3. The molecule has 3 saturated carbocycles. The molecule has 4 aliphatic rings. The summed E-state index contributed by atoms with van der Waals surface area (Å²) in [6.45, 7) is 7.70. The van der Waals surface area contributed by atoms with Crippen molar-refractivity contribution in [2.45, 2.75) is 91.1 Å². The molecular weight excluding hydrogens is 394 g/mol. The predicted octanol–water partition coefficient (Wildman–Crippen LogP) is 6.60. The van der Waals surface area contributed by atoms with E-state index in [1.807, 2.05) is 12.3 Å². The van der Waals surface area contributed by atoms with E-state index < -0.39 is 0 Å². The van der Waals surface area contributed by atoms with Crippen LogP contribution in [0.2, 0.25) is 0 Å². The maximum absolute atomic E-state index is 10.3. The zero-order valence-electron chi connectivity index (χ0n) is 20.6. The van der Waals surface area contributed by atoms with Gasteiger partial charge in [-0.2, -0.15) is 0 Å². The lowest BCUT2D eigenvalue weighted by atomic mass is 9.47. The Labute approximate surface area is 195 Å². The molecule has 1 heterocycles.